The van der Waals surface area contributed by atoms with Gasteiger partial charge in [0.15, 0.2) is 0 Å². The Morgan fingerprint density at radius 3 is 2.56 bits per heavy atom. The van der Waals surface area contributed by atoms with Gasteiger partial charge >= 0.3 is 0 Å². The van der Waals surface area contributed by atoms with E-state index in [9.17, 15) is 0 Å². The monoisotopic (exact) mass is 240 g/mol. The van der Waals surface area contributed by atoms with Crippen LogP contribution < -0.4 is 5.73 Å². The van der Waals surface area contributed by atoms with Crippen molar-refractivity contribution in [2.75, 3.05) is 0 Å². The summed E-state index contributed by atoms with van der Waals surface area (Å²) >= 11 is 0. The zero-order valence-corrected chi connectivity index (χ0v) is 11.3. The Morgan fingerprint density at radius 2 is 1.89 bits per heavy atom. The van der Waals surface area contributed by atoms with Crippen LogP contribution in [0, 0.1) is 20.8 Å². The summed E-state index contributed by atoms with van der Waals surface area (Å²) in [5, 5.41) is 0. The first-order valence-corrected chi connectivity index (χ1v) is 6.31. The second-order valence-corrected chi connectivity index (χ2v) is 4.91. The van der Waals surface area contributed by atoms with Crippen LogP contribution >= 0.6 is 0 Å². The van der Waals surface area contributed by atoms with E-state index >= 15 is 0 Å². The molecule has 2 N–H and O–H groups in total. The number of aromatic nitrogens is 1. The molecule has 1 unspecified atom stereocenters. The zero-order chi connectivity index (χ0) is 13.1. The second kappa shape index (κ2) is 5.32. The van der Waals surface area contributed by atoms with Crippen molar-refractivity contribution < 1.29 is 0 Å². The number of benzene rings is 1. The number of hydrogen-bond acceptors (Lipinski definition) is 2. The van der Waals surface area contributed by atoms with Crippen molar-refractivity contribution in [1.82, 2.24) is 4.98 Å². The zero-order valence-electron chi connectivity index (χ0n) is 11.3. The fraction of sp³-hybridized carbons (Fsp3) is 0.312. The average molecular weight is 240 g/mol. The van der Waals surface area contributed by atoms with Gasteiger partial charge in [-0.1, -0.05) is 24.3 Å². The average Bonchev–Trinajstić information content (AvgIpc) is 2.34. The molecule has 0 saturated carbocycles. The van der Waals surface area contributed by atoms with Crippen molar-refractivity contribution in [3.05, 3.63) is 64.5 Å². The molecule has 94 valence electrons. The fourth-order valence-electron chi connectivity index (χ4n) is 2.18. The van der Waals surface area contributed by atoms with Crippen LogP contribution in [-0.2, 0) is 6.42 Å². The first kappa shape index (κ1) is 12.8. The van der Waals surface area contributed by atoms with Crippen LogP contribution in [0.25, 0.3) is 0 Å². The lowest BCUT2D eigenvalue weighted by Gasteiger charge is -2.14. The quantitative estimate of drug-likeness (QED) is 0.894. The van der Waals surface area contributed by atoms with Crippen molar-refractivity contribution in [2.24, 2.45) is 5.73 Å². The summed E-state index contributed by atoms with van der Waals surface area (Å²) in [4.78, 5) is 4.29. The van der Waals surface area contributed by atoms with Gasteiger partial charge in [0, 0.05) is 17.9 Å². The molecule has 1 heterocycles. The third kappa shape index (κ3) is 2.77. The summed E-state index contributed by atoms with van der Waals surface area (Å²) < 4.78 is 0. The molecule has 2 nitrogen and oxygen atoms in total. The van der Waals surface area contributed by atoms with Gasteiger partial charge < -0.3 is 5.73 Å². The molecule has 18 heavy (non-hydrogen) atoms. The topological polar surface area (TPSA) is 38.9 Å². The SMILES string of the molecule is Cc1ccc(CC(N)c2cccnc2C)cc1C. The molecule has 0 fully saturated rings. The van der Waals surface area contributed by atoms with Crippen LogP contribution in [0.5, 0.6) is 0 Å². The molecule has 1 aromatic carbocycles. The first-order valence-electron chi connectivity index (χ1n) is 6.31. The van der Waals surface area contributed by atoms with E-state index in [4.69, 9.17) is 5.73 Å². The molecule has 2 heteroatoms. The highest BCUT2D eigenvalue weighted by Crippen LogP contribution is 2.19. The molecule has 0 bridgehead atoms. The van der Waals surface area contributed by atoms with Crippen molar-refractivity contribution in [2.45, 2.75) is 33.2 Å². The number of nitrogens with two attached hydrogens (primary N) is 1. The van der Waals surface area contributed by atoms with E-state index in [1.807, 2.05) is 19.2 Å². The van der Waals surface area contributed by atoms with Crippen molar-refractivity contribution in [3.63, 3.8) is 0 Å². The molecule has 0 saturated heterocycles. The smallest absolute Gasteiger partial charge is 0.0420 e. The highest BCUT2D eigenvalue weighted by molar-refractivity contribution is 5.32. The predicted octanol–water partition coefficient (Wildman–Crippen LogP) is 3.25. The number of aryl methyl sites for hydroxylation is 3. The van der Waals surface area contributed by atoms with Crippen molar-refractivity contribution in [1.29, 1.82) is 0 Å². The van der Waals surface area contributed by atoms with E-state index in [-0.39, 0.29) is 6.04 Å². The Bertz CT molecular complexity index is 547. The number of rotatable bonds is 3. The minimum absolute atomic E-state index is 0.0146. The van der Waals surface area contributed by atoms with Gasteiger partial charge in [0.05, 0.1) is 0 Å². The minimum Gasteiger partial charge on any atom is -0.324 e. The van der Waals surface area contributed by atoms with E-state index in [0.717, 1.165) is 17.7 Å². The summed E-state index contributed by atoms with van der Waals surface area (Å²) in [6.07, 6.45) is 2.66. The minimum atomic E-state index is 0.0146. The summed E-state index contributed by atoms with van der Waals surface area (Å²) in [6, 6.07) is 10.6. The van der Waals surface area contributed by atoms with Gasteiger partial charge in [-0.15, -0.1) is 0 Å². The van der Waals surface area contributed by atoms with Crippen LogP contribution in [0.2, 0.25) is 0 Å². The summed E-state index contributed by atoms with van der Waals surface area (Å²) in [6.45, 7) is 6.28. The van der Waals surface area contributed by atoms with Gasteiger partial charge in [-0.05, 0) is 55.5 Å². The summed E-state index contributed by atoms with van der Waals surface area (Å²) in [5.74, 6) is 0. The number of hydrogen-bond donors (Lipinski definition) is 1. The standard InChI is InChI=1S/C16H20N2/c1-11-6-7-14(9-12(11)2)10-16(17)15-5-4-8-18-13(15)3/h4-9,16H,10,17H2,1-3H3. The Balaban J connectivity index is 2.19. The molecule has 0 amide bonds. The maximum absolute atomic E-state index is 6.28. The molecule has 1 atom stereocenters. The van der Waals surface area contributed by atoms with Gasteiger partial charge in [0.25, 0.3) is 0 Å². The Kier molecular flexibility index (Phi) is 3.78. The maximum atomic E-state index is 6.28. The molecular formula is C16H20N2. The van der Waals surface area contributed by atoms with Crippen LogP contribution in [0.4, 0.5) is 0 Å². The number of nitrogens with zero attached hydrogens (tertiary/aromatic N) is 1. The van der Waals surface area contributed by atoms with E-state index in [1.54, 1.807) is 0 Å². The molecule has 2 aromatic rings. The Labute approximate surface area is 109 Å². The first-order chi connectivity index (χ1) is 8.58. The largest absolute Gasteiger partial charge is 0.324 e. The maximum Gasteiger partial charge on any atom is 0.0420 e. The van der Waals surface area contributed by atoms with Gasteiger partial charge in [-0.3, -0.25) is 4.98 Å². The van der Waals surface area contributed by atoms with Crippen LogP contribution in [0.1, 0.15) is 34.0 Å². The molecule has 2 rings (SSSR count). The fourth-order valence-corrected chi connectivity index (χ4v) is 2.18. The van der Waals surface area contributed by atoms with Crippen molar-refractivity contribution >= 4 is 0 Å². The Hall–Kier alpha value is -1.67. The third-order valence-corrected chi connectivity index (χ3v) is 3.47. The molecule has 1 aromatic heterocycles. The highest BCUT2D eigenvalue weighted by atomic mass is 14.7. The Morgan fingerprint density at radius 1 is 1.11 bits per heavy atom. The van der Waals surface area contributed by atoms with Gasteiger partial charge in [0.1, 0.15) is 0 Å². The molecule has 0 aliphatic heterocycles. The summed E-state index contributed by atoms with van der Waals surface area (Å²) in [5.41, 5.74) is 12.4. The van der Waals surface area contributed by atoms with Crippen molar-refractivity contribution in [3.8, 4) is 0 Å². The van der Waals surface area contributed by atoms with E-state index in [2.05, 4.69) is 43.1 Å². The van der Waals surface area contributed by atoms with Crippen LogP contribution in [0.3, 0.4) is 0 Å². The van der Waals surface area contributed by atoms with Crippen LogP contribution in [-0.4, -0.2) is 4.98 Å². The molecule has 0 aliphatic rings. The summed E-state index contributed by atoms with van der Waals surface area (Å²) in [7, 11) is 0. The van der Waals surface area contributed by atoms with E-state index in [0.29, 0.717) is 0 Å². The lowest BCUT2D eigenvalue weighted by Crippen LogP contribution is -2.15. The predicted molar refractivity (Wildman–Crippen MR) is 75.5 cm³/mol. The van der Waals surface area contributed by atoms with Gasteiger partial charge in [0.2, 0.25) is 0 Å². The lowest BCUT2D eigenvalue weighted by atomic mass is 9.96. The van der Waals surface area contributed by atoms with Gasteiger partial charge in [-0.25, -0.2) is 0 Å². The second-order valence-electron chi connectivity index (χ2n) is 4.91. The normalized spacial score (nSPS) is 12.4. The number of pyridine rings is 1. The molecule has 0 aliphatic carbocycles. The third-order valence-electron chi connectivity index (χ3n) is 3.47. The molecule has 0 spiro atoms. The lowest BCUT2D eigenvalue weighted by molar-refractivity contribution is 0.710. The van der Waals surface area contributed by atoms with E-state index in [1.165, 1.54) is 16.7 Å². The molecule has 0 radical (unpaired) electrons. The van der Waals surface area contributed by atoms with Crippen LogP contribution in [0.15, 0.2) is 36.5 Å². The van der Waals surface area contributed by atoms with E-state index < -0.39 is 0 Å². The van der Waals surface area contributed by atoms with Gasteiger partial charge in [-0.2, -0.15) is 0 Å². The highest BCUT2D eigenvalue weighted by Gasteiger charge is 2.10. The molecular weight excluding hydrogens is 220 g/mol.